The Labute approximate surface area is 93.5 Å². The Morgan fingerprint density at radius 2 is 1.80 bits per heavy atom. The first-order chi connectivity index (χ1) is 7.33. The van der Waals surface area contributed by atoms with Crippen molar-refractivity contribution in [1.82, 2.24) is 0 Å². The van der Waals surface area contributed by atoms with E-state index in [0.717, 1.165) is 11.1 Å². The van der Waals surface area contributed by atoms with Gasteiger partial charge in [0.1, 0.15) is 0 Å². The highest BCUT2D eigenvalue weighted by molar-refractivity contribution is 6.33. The summed E-state index contributed by atoms with van der Waals surface area (Å²) in [6, 6.07) is 17.9. The number of hydrogen-bond donors (Lipinski definition) is 0. The van der Waals surface area contributed by atoms with E-state index in [1.807, 2.05) is 30.3 Å². The monoisotopic (exact) mass is 212 g/mol. The summed E-state index contributed by atoms with van der Waals surface area (Å²) in [5.74, 6) is 0. The fourth-order valence-electron chi connectivity index (χ4n) is 1.44. The van der Waals surface area contributed by atoms with E-state index in [9.17, 15) is 0 Å². The van der Waals surface area contributed by atoms with Crippen LogP contribution in [0.4, 0.5) is 0 Å². The lowest BCUT2D eigenvalue weighted by Crippen LogP contribution is -1.84. The second kappa shape index (κ2) is 4.16. The molecule has 15 heavy (non-hydrogen) atoms. The van der Waals surface area contributed by atoms with Crippen molar-refractivity contribution in [3.05, 3.63) is 59.1 Å². The molecule has 0 aliphatic heterocycles. The first kappa shape index (κ1) is 9.76. The molecule has 2 rings (SSSR count). The van der Waals surface area contributed by atoms with Gasteiger partial charge in [-0.05, 0) is 6.07 Å². The molecule has 0 N–H and O–H groups in total. The average molecular weight is 213 g/mol. The predicted molar refractivity (Wildman–Crippen MR) is 60.4 cm³/mol. The van der Waals surface area contributed by atoms with Gasteiger partial charge in [-0.1, -0.05) is 48.0 Å². The van der Waals surface area contributed by atoms with Crippen LogP contribution in [0.5, 0.6) is 0 Å². The third-order valence-electron chi connectivity index (χ3n) is 2.14. The zero-order chi connectivity index (χ0) is 10.7. The van der Waals surface area contributed by atoms with E-state index in [2.05, 4.69) is 12.1 Å². The first-order valence-electron chi connectivity index (χ1n) is 4.48. The molecule has 0 saturated heterocycles. The second-order valence-electron chi connectivity index (χ2n) is 3.06. The van der Waals surface area contributed by atoms with Gasteiger partial charge in [-0.25, -0.2) is 0 Å². The molecule has 0 aliphatic carbocycles. The second-order valence-corrected chi connectivity index (χ2v) is 3.43. The Hall–Kier alpha value is -1.78. The van der Waals surface area contributed by atoms with E-state index in [0.29, 0.717) is 10.6 Å². The summed E-state index contributed by atoms with van der Waals surface area (Å²) < 4.78 is 0. The van der Waals surface area contributed by atoms with Gasteiger partial charge in [-0.15, -0.1) is 0 Å². The summed E-state index contributed by atoms with van der Waals surface area (Å²) in [5, 5.41) is 9.51. The van der Waals surface area contributed by atoms with Gasteiger partial charge in [0.05, 0.1) is 16.7 Å². The van der Waals surface area contributed by atoms with Crippen LogP contribution in [-0.4, -0.2) is 0 Å². The summed E-state index contributed by atoms with van der Waals surface area (Å²) in [6.07, 6.45) is 0. The van der Waals surface area contributed by atoms with Gasteiger partial charge in [0, 0.05) is 17.2 Å². The smallest absolute Gasteiger partial charge is 0.0998 e. The highest BCUT2D eigenvalue weighted by Gasteiger charge is 2.06. The Morgan fingerprint density at radius 1 is 1.07 bits per heavy atom. The van der Waals surface area contributed by atoms with E-state index < -0.39 is 0 Å². The normalized spacial score (nSPS) is 9.60. The van der Waals surface area contributed by atoms with Gasteiger partial charge in [0.25, 0.3) is 0 Å². The molecule has 0 spiro atoms. The molecule has 0 amide bonds. The minimum atomic E-state index is 0.542. The SMILES string of the molecule is N#Cc1ccccc1-c1ccc[c]c1Cl. The largest absolute Gasteiger partial charge is 0.192 e. The van der Waals surface area contributed by atoms with Crippen LogP contribution in [0, 0.1) is 17.4 Å². The van der Waals surface area contributed by atoms with Crippen molar-refractivity contribution in [1.29, 1.82) is 5.26 Å². The molecule has 1 radical (unpaired) electrons. The van der Waals surface area contributed by atoms with E-state index in [1.54, 1.807) is 12.1 Å². The summed E-state index contributed by atoms with van der Waals surface area (Å²) in [6.45, 7) is 0. The van der Waals surface area contributed by atoms with Crippen LogP contribution in [0.2, 0.25) is 5.02 Å². The average Bonchev–Trinajstić information content (AvgIpc) is 2.30. The zero-order valence-corrected chi connectivity index (χ0v) is 8.62. The van der Waals surface area contributed by atoms with E-state index in [4.69, 9.17) is 16.9 Å². The molecule has 0 heterocycles. The topological polar surface area (TPSA) is 23.8 Å². The molecule has 0 unspecified atom stereocenters. The first-order valence-corrected chi connectivity index (χ1v) is 4.86. The molecule has 0 atom stereocenters. The number of benzene rings is 2. The number of hydrogen-bond acceptors (Lipinski definition) is 1. The van der Waals surface area contributed by atoms with Crippen LogP contribution >= 0.6 is 11.6 Å². The van der Waals surface area contributed by atoms with E-state index >= 15 is 0 Å². The lowest BCUT2D eigenvalue weighted by Gasteiger charge is -2.05. The molecular formula is C13H7ClN. The van der Waals surface area contributed by atoms with Gasteiger partial charge in [0.2, 0.25) is 0 Å². The standard InChI is InChI=1S/C13H7ClN/c14-13-8-4-3-7-12(13)11-6-2-1-5-10(11)9-15/h1-7H. The third-order valence-corrected chi connectivity index (χ3v) is 2.46. The summed E-state index contributed by atoms with van der Waals surface area (Å²) >= 11 is 6.02. The van der Waals surface area contributed by atoms with Crippen LogP contribution in [0.3, 0.4) is 0 Å². The zero-order valence-electron chi connectivity index (χ0n) is 7.87. The van der Waals surface area contributed by atoms with E-state index in [-0.39, 0.29) is 0 Å². The van der Waals surface area contributed by atoms with Crippen LogP contribution in [0.1, 0.15) is 5.56 Å². The maximum Gasteiger partial charge on any atom is 0.0998 e. The van der Waals surface area contributed by atoms with Gasteiger partial charge >= 0.3 is 0 Å². The Morgan fingerprint density at radius 3 is 2.53 bits per heavy atom. The molecule has 0 saturated carbocycles. The molecule has 2 aromatic carbocycles. The number of rotatable bonds is 1. The van der Waals surface area contributed by atoms with Crippen LogP contribution in [0.15, 0.2) is 42.5 Å². The van der Waals surface area contributed by atoms with Gasteiger partial charge in [0.15, 0.2) is 0 Å². The number of nitrogens with zero attached hydrogens (tertiary/aromatic N) is 1. The molecule has 0 bridgehead atoms. The lowest BCUT2D eigenvalue weighted by atomic mass is 10.0. The van der Waals surface area contributed by atoms with Crippen LogP contribution in [-0.2, 0) is 0 Å². The van der Waals surface area contributed by atoms with Crippen LogP contribution < -0.4 is 0 Å². The molecule has 0 aromatic heterocycles. The van der Waals surface area contributed by atoms with Crippen molar-refractivity contribution in [2.24, 2.45) is 0 Å². The maximum absolute atomic E-state index is 8.97. The minimum absolute atomic E-state index is 0.542. The Kier molecular flexibility index (Phi) is 2.71. The molecule has 71 valence electrons. The minimum Gasteiger partial charge on any atom is -0.192 e. The molecule has 1 nitrogen and oxygen atoms in total. The predicted octanol–water partition coefficient (Wildman–Crippen LogP) is 3.68. The van der Waals surface area contributed by atoms with Gasteiger partial charge in [-0.2, -0.15) is 5.26 Å². The van der Waals surface area contributed by atoms with Crippen molar-refractivity contribution < 1.29 is 0 Å². The van der Waals surface area contributed by atoms with E-state index in [1.165, 1.54) is 0 Å². The fraction of sp³-hybridized carbons (Fsp3) is 0. The Bertz CT molecular complexity index is 526. The van der Waals surface area contributed by atoms with Gasteiger partial charge < -0.3 is 0 Å². The lowest BCUT2D eigenvalue weighted by molar-refractivity contribution is 1.48. The summed E-state index contributed by atoms with van der Waals surface area (Å²) in [7, 11) is 0. The molecule has 0 aliphatic rings. The molecule has 2 heteroatoms. The number of nitriles is 1. The molecule has 2 aromatic rings. The van der Waals surface area contributed by atoms with Crippen molar-refractivity contribution >= 4 is 11.6 Å². The quantitative estimate of drug-likeness (QED) is 0.708. The highest BCUT2D eigenvalue weighted by Crippen LogP contribution is 2.29. The summed E-state index contributed by atoms with van der Waals surface area (Å²) in [5.41, 5.74) is 2.32. The maximum atomic E-state index is 8.97. The molecular weight excluding hydrogens is 206 g/mol. The third kappa shape index (κ3) is 1.86. The van der Waals surface area contributed by atoms with Crippen molar-refractivity contribution in [3.63, 3.8) is 0 Å². The van der Waals surface area contributed by atoms with Crippen molar-refractivity contribution in [2.45, 2.75) is 0 Å². The van der Waals surface area contributed by atoms with Gasteiger partial charge in [-0.3, -0.25) is 0 Å². The number of halogens is 1. The van der Waals surface area contributed by atoms with Crippen molar-refractivity contribution in [3.8, 4) is 17.2 Å². The van der Waals surface area contributed by atoms with Crippen molar-refractivity contribution in [2.75, 3.05) is 0 Å². The Balaban J connectivity index is 2.65. The fourth-order valence-corrected chi connectivity index (χ4v) is 1.67. The summed E-state index contributed by atoms with van der Waals surface area (Å²) in [4.78, 5) is 0. The molecule has 0 fully saturated rings. The van der Waals surface area contributed by atoms with Crippen LogP contribution in [0.25, 0.3) is 11.1 Å². The highest BCUT2D eigenvalue weighted by atomic mass is 35.5.